The number of hydrogen-bond donors (Lipinski definition) is 2. The van der Waals surface area contributed by atoms with Crippen LogP contribution in [0, 0.1) is 13.8 Å². The Hall–Kier alpha value is -3.08. The van der Waals surface area contributed by atoms with E-state index in [1.807, 2.05) is 26.8 Å². The molecule has 2 aromatic rings. The maximum atomic E-state index is 11.9. The van der Waals surface area contributed by atoms with Gasteiger partial charge in [0.25, 0.3) is 0 Å². The Labute approximate surface area is 186 Å². The molecule has 0 aliphatic carbocycles. The van der Waals surface area contributed by atoms with Crippen LogP contribution in [0.5, 0.6) is 0 Å². The van der Waals surface area contributed by atoms with E-state index in [2.05, 4.69) is 54.5 Å². The predicted octanol–water partition coefficient (Wildman–Crippen LogP) is 5.06. The summed E-state index contributed by atoms with van der Waals surface area (Å²) in [6.45, 7) is 10.2. The van der Waals surface area contributed by atoms with E-state index >= 15 is 0 Å². The average Bonchev–Trinajstić information content (AvgIpc) is 3.22. The van der Waals surface area contributed by atoms with Gasteiger partial charge >= 0.3 is 5.97 Å². The van der Waals surface area contributed by atoms with E-state index in [0.29, 0.717) is 6.42 Å². The third-order valence-electron chi connectivity index (χ3n) is 5.68. The molecule has 0 aromatic heterocycles. The Morgan fingerprint density at radius 2 is 2.03 bits per heavy atom. The molecule has 2 unspecified atom stereocenters. The molecule has 5 heteroatoms. The highest BCUT2D eigenvalue weighted by atomic mass is 16.5. The fraction of sp³-hybridized carbons (Fsp3) is 0.385. The van der Waals surface area contributed by atoms with E-state index < -0.39 is 0 Å². The van der Waals surface area contributed by atoms with Gasteiger partial charge in [-0.05, 0) is 61.1 Å². The van der Waals surface area contributed by atoms with Crippen LogP contribution in [0.1, 0.15) is 54.5 Å². The molecule has 166 valence electrons. The van der Waals surface area contributed by atoms with Gasteiger partial charge in [-0.2, -0.15) is 0 Å². The van der Waals surface area contributed by atoms with Crippen LogP contribution in [-0.2, 0) is 22.4 Å². The highest BCUT2D eigenvalue weighted by Gasteiger charge is 2.28. The summed E-state index contributed by atoms with van der Waals surface area (Å²) in [4.78, 5) is 16.4. The van der Waals surface area contributed by atoms with Crippen LogP contribution in [0.3, 0.4) is 0 Å². The molecule has 0 spiro atoms. The minimum Gasteiger partial charge on any atom is -0.467 e. The van der Waals surface area contributed by atoms with E-state index in [0.717, 1.165) is 23.4 Å². The molecule has 1 aliphatic rings. The molecule has 0 fully saturated rings. The van der Waals surface area contributed by atoms with Gasteiger partial charge in [-0.25, -0.2) is 4.79 Å². The second-order valence-electron chi connectivity index (χ2n) is 7.44. The van der Waals surface area contributed by atoms with Crippen molar-refractivity contribution in [2.24, 2.45) is 10.7 Å². The van der Waals surface area contributed by atoms with Gasteiger partial charge in [-0.1, -0.05) is 44.2 Å². The van der Waals surface area contributed by atoms with Gasteiger partial charge in [0.1, 0.15) is 6.04 Å². The summed E-state index contributed by atoms with van der Waals surface area (Å²) < 4.78 is 4.88. The number of nitrogens with zero attached hydrogens (tertiary/aromatic N) is 1. The normalized spacial score (nSPS) is 16.2. The van der Waals surface area contributed by atoms with Crippen molar-refractivity contribution in [1.82, 2.24) is 0 Å². The van der Waals surface area contributed by atoms with Crippen LogP contribution in [0.25, 0.3) is 0 Å². The molecule has 2 aromatic carbocycles. The minimum atomic E-state index is -0.316. The Morgan fingerprint density at radius 3 is 2.68 bits per heavy atom. The lowest BCUT2D eigenvalue weighted by Gasteiger charge is -2.21. The molecule has 3 N–H and O–H groups in total. The monoisotopic (exact) mass is 421 g/mol. The lowest BCUT2D eigenvalue weighted by Crippen LogP contribution is -2.27. The number of carbonyl (C=O) groups is 1. The van der Waals surface area contributed by atoms with Gasteiger partial charge in [-0.3, -0.25) is 4.99 Å². The summed E-state index contributed by atoms with van der Waals surface area (Å²) in [5.41, 5.74) is 13.9. The number of anilines is 1. The van der Waals surface area contributed by atoms with Gasteiger partial charge in [0.15, 0.2) is 0 Å². The molecular formula is C26H35N3O2. The smallest absolute Gasteiger partial charge is 0.328 e. The van der Waals surface area contributed by atoms with Crippen molar-refractivity contribution in [3.8, 4) is 0 Å². The summed E-state index contributed by atoms with van der Waals surface area (Å²) in [5.74, 6) is -0.179. The number of nitrogens with one attached hydrogen (secondary N) is 1. The summed E-state index contributed by atoms with van der Waals surface area (Å²) in [5, 5.41) is 3.24. The number of allylic oxidation sites excluding steroid dienone is 1. The van der Waals surface area contributed by atoms with Gasteiger partial charge in [0.2, 0.25) is 0 Å². The minimum absolute atomic E-state index is 0.0555. The maximum absolute atomic E-state index is 11.9. The first-order valence-corrected chi connectivity index (χ1v) is 10.9. The fourth-order valence-corrected chi connectivity index (χ4v) is 3.99. The first-order valence-electron chi connectivity index (χ1n) is 10.9. The Bertz CT molecular complexity index is 963. The summed E-state index contributed by atoms with van der Waals surface area (Å²) >= 11 is 0. The van der Waals surface area contributed by atoms with E-state index in [9.17, 15) is 4.79 Å². The molecular weight excluding hydrogens is 386 g/mol. The van der Waals surface area contributed by atoms with Crippen molar-refractivity contribution >= 4 is 17.9 Å². The van der Waals surface area contributed by atoms with Gasteiger partial charge in [0.05, 0.1) is 12.8 Å². The van der Waals surface area contributed by atoms with Crippen molar-refractivity contribution in [2.45, 2.75) is 59.4 Å². The predicted molar refractivity (Wildman–Crippen MR) is 130 cm³/mol. The average molecular weight is 422 g/mol. The van der Waals surface area contributed by atoms with Crippen molar-refractivity contribution in [1.29, 1.82) is 0 Å². The summed E-state index contributed by atoms with van der Waals surface area (Å²) in [6, 6.07) is 12.4. The van der Waals surface area contributed by atoms with E-state index in [-0.39, 0.29) is 17.9 Å². The fourth-order valence-electron chi connectivity index (χ4n) is 3.99. The van der Waals surface area contributed by atoms with Gasteiger partial charge in [0, 0.05) is 30.4 Å². The Balaban J connectivity index is 0.00000166. The van der Waals surface area contributed by atoms with Crippen LogP contribution in [0.15, 0.2) is 53.3 Å². The van der Waals surface area contributed by atoms with Crippen molar-refractivity contribution in [3.63, 3.8) is 0 Å². The topological polar surface area (TPSA) is 76.7 Å². The number of ether oxygens (including phenoxy) is 1. The first kappa shape index (κ1) is 24.2. The zero-order valence-corrected chi connectivity index (χ0v) is 19.5. The maximum Gasteiger partial charge on any atom is 0.328 e. The molecule has 2 atom stereocenters. The number of esters is 1. The third kappa shape index (κ3) is 5.54. The van der Waals surface area contributed by atoms with Crippen molar-refractivity contribution in [2.75, 3.05) is 12.4 Å². The number of aliphatic imine (C=N–C) groups is 1. The zero-order chi connectivity index (χ0) is 23.0. The standard InChI is InChI=1S/C24H29N3O2.C2H6/c1-5-26-23(14-25)20(19-8-6-7-15(2)16(19)3)12-17-9-10-21-18(11-17)13-22(27-21)24(28)29-4;1-2/h5-11,14,20,22,27H,12-13,25H2,1-4H3;1-2H3/b23-14-,26-5?;. The molecule has 0 amide bonds. The van der Waals surface area contributed by atoms with Crippen LogP contribution in [0.4, 0.5) is 5.69 Å². The molecule has 0 saturated heterocycles. The second kappa shape index (κ2) is 11.3. The van der Waals surface area contributed by atoms with Crippen LogP contribution in [0.2, 0.25) is 0 Å². The number of benzene rings is 2. The molecule has 1 aliphatic heterocycles. The van der Waals surface area contributed by atoms with Crippen molar-refractivity contribution in [3.05, 3.63) is 76.1 Å². The lowest BCUT2D eigenvalue weighted by molar-refractivity contribution is -0.141. The molecule has 31 heavy (non-hydrogen) atoms. The number of nitrogens with two attached hydrogens (primary N) is 1. The second-order valence-corrected chi connectivity index (χ2v) is 7.44. The molecule has 1 heterocycles. The van der Waals surface area contributed by atoms with Crippen molar-refractivity contribution < 1.29 is 9.53 Å². The van der Waals surface area contributed by atoms with E-state index in [4.69, 9.17) is 10.5 Å². The molecule has 3 rings (SSSR count). The zero-order valence-electron chi connectivity index (χ0n) is 19.5. The highest BCUT2D eigenvalue weighted by molar-refractivity contribution is 5.82. The molecule has 0 saturated carbocycles. The summed E-state index contributed by atoms with van der Waals surface area (Å²) in [6.07, 6.45) is 4.80. The van der Waals surface area contributed by atoms with E-state index in [1.54, 1.807) is 12.4 Å². The van der Waals surface area contributed by atoms with Gasteiger partial charge < -0.3 is 15.8 Å². The third-order valence-corrected chi connectivity index (χ3v) is 5.68. The highest BCUT2D eigenvalue weighted by Crippen LogP contribution is 2.34. The number of hydrogen-bond acceptors (Lipinski definition) is 5. The Kier molecular flexibility index (Phi) is 8.86. The quantitative estimate of drug-likeness (QED) is 0.505. The number of rotatable bonds is 6. The molecule has 0 bridgehead atoms. The number of fused-ring (bicyclic) bond motifs is 1. The SMILES string of the molecule is CC.CC=N/C(=C\N)C(Cc1ccc2c(c1)CC(C(=O)OC)N2)c1cccc(C)c1C. The van der Waals surface area contributed by atoms with Gasteiger partial charge in [-0.15, -0.1) is 0 Å². The van der Waals surface area contributed by atoms with Crippen LogP contribution >= 0.6 is 0 Å². The Morgan fingerprint density at radius 1 is 1.29 bits per heavy atom. The van der Waals surface area contributed by atoms with Crippen LogP contribution < -0.4 is 11.1 Å². The summed E-state index contributed by atoms with van der Waals surface area (Å²) in [7, 11) is 1.42. The first-order chi connectivity index (χ1) is 15.0. The molecule has 0 radical (unpaired) electrons. The number of methoxy groups -OCH3 is 1. The number of carbonyl (C=O) groups excluding carboxylic acids is 1. The largest absolute Gasteiger partial charge is 0.467 e. The van der Waals surface area contributed by atoms with Crippen LogP contribution in [-0.4, -0.2) is 25.3 Å². The van der Waals surface area contributed by atoms with E-state index in [1.165, 1.54) is 29.4 Å². The lowest BCUT2D eigenvalue weighted by atomic mass is 9.85. The number of aryl methyl sites for hydroxylation is 1. The molecule has 5 nitrogen and oxygen atoms in total.